The zero-order chi connectivity index (χ0) is 15.6. The molecular formula is C10H20NO8P. The third-order valence-corrected chi connectivity index (χ3v) is 2.99. The van der Waals surface area contributed by atoms with Crippen molar-refractivity contribution in [2.45, 2.75) is 6.10 Å². The molecule has 20 heavy (non-hydrogen) atoms. The third kappa shape index (κ3) is 10.9. The van der Waals surface area contributed by atoms with Crippen LogP contribution in [0.3, 0.4) is 0 Å². The van der Waals surface area contributed by atoms with E-state index in [1.165, 1.54) is 0 Å². The molecule has 0 bridgehead atoms. The Morgan fingerprint density at radius 1 is 1.15 bits per heavy atom. The average Bonchev–Trinajstić information content (AvgIpc) is 2.31. The SMILES string of the molecule is C[N+](C)(C)CCOP(=O)([O-])OCC(COC=O)OC=O. The van der Waals surface area contributed by atoms with E-state index < -0.39 is 20.5 Å². The molecule has 0 aromatic rings. The third-order valence-electron chi connectivity index (χ3n) is 2.03. The molecule has 0 N–H and O–H groups in total. The highest BCUT2D eigenvalue weighted by molar-refractivity contribution is 7.45. The molecule has 0 aliphatic heterocycles. The number of nitrogens with zero attached hydrogens (tertiary/aromatic N) is 1. The molecule has 0 spiro atoms. The predicted molar refractivity (Wildman–Crippen MR) is 65.4 cm³/mol. The summed E-state index contributed by atoms with van der Waals surface area (Å²) >= 11 is 0. The molecule has 0 rings (SSSR count). The second-order valence-electron chi connectivity index (χ2n) is 4.87. The van der Waals surface area contributed by atoms with E-state index in [2.05, 4.69) is 18.5 Å². The van der Waals surface area contributed by atoms with Gasteiger partial charge in [0.15, 0.2) is 6.10 Å². The van der Waals surface area contributed by atoms with Crippen LogP contribution in [-0.2, 0) is 32.7 Å². The van der Waals surface area contributed by atoms with Gasteiger partial charge in [0.05, 0.1) is 27.7 Å². The van der Waals surface area contributed by atoms with Crippen LogP contribution < -0.4 is 4.89 Å². The predicted octanol–water partition coefficient (Wildman–Crippen LogP) is -1.09. The summed E-state index contributed by atoms with van der Waals surface area (Å²) in [5, 5.41) is 0. The fraction of sp³-hybridized carbons (Fsp3) is 0.800. The van der Waals surface area contributed by atoms with E-state index in [-0.39, 0.29) is 26.2 Å². The number of ether oxygens (including phenoxy) is 2. The molecule has 2 unspecified atom stereocenters. The fourth-order valence-electron chi connectivity index (χ4n) is 0.990. The summed E-state index contributed by atoms with van der Waals surface area (Å²) in [5.41, 5.74) is 0. The molecule has 0 saturated carbocycles. The fourth-order valence-corrected chi connectivity index (χ4v) is 1.72. The minimum atomic E-state index is -4.49. The number of phosphoric acid groups is 1. The van der Waals surface area contributed by atoms with Crippen molar-refractivity contribution >= 4 is 20.8 Å². The Labute approximate surface area is 117 Å². The number of phosphoric ester groups is 1. The Morgan fingerprint density at radius 2 is 1.80 bits per heavy atom. The minimum Gasteiger partial charge on any atom is -0.756 e. The van der Waals surface area contributed by atoms with Gasteiger partial charge in [-0.15, -0.1) is 0 Å². The van der Waals surface area contributed by atoms with E-state index in [0.717, 1.165) is 0 Å². The first-order valence-electron chi connectivity index (χ1n) is 5.75. The normalized spacial score (nSPS) is 16.0. The van der Waals surface area contributed by atoms with Crippen molar-refractivity contribution in [3.05, 3.63) is 0 Å². The maximum atomic E-state index is 11.4. The van der Waals surface area contributed by atoms with E-state index in [1.54, 1.807) is 0 Å². The number of hydrogen-bond donors (Lipinski definition) is 0. The van der Waals surface area contributed by atoms with Gasteiger partial charge in [-0.05, 0) is 0 Å². The first-order valence-corrected chi connectivity index (χ1v) is 7.21. The van der Waals surface area contributed by atoms with Crippen LogP contribution >= 0.6 is 7.82 Å². The summed E-state index contributed by atoms with van der Waals surface area (Å²) < 4.78 is 30.0. The van der Waals surface area contributed by atoms with Gasteiger partial charge in [0.2, 0.25) is 0 Å². The number of quaternary nitrogens is 1. The summed E-state index contributed by atoms with van der Waals surface area (Å²) in [6, 6.07) is 0. The number of rotatable bonds is 12. The lowest BCUT2D eigenvalue weighted by Gasteiger charge is -2.28. The summed E-state index contributed by atoms with van der Waals surface area (Å²) in [5.74, 6) is 0. The number of likely N-dealkylation sites (N-methyl/N-ethyl adjacent to an activating group) is 1. The molecule has 0 aromatic heterocycles. The highest BCUT2D eigenvalue weighted by Gasteiger charge is 2.17. The quantitative estimate of drug-likeness (QED) is 0.254. The summed E-state index contributed by atoms with van der Waals surface area (Å²) in [4.78, 5) is 31.6. The maximum absolute atomic E-state index is 11.4. The van der Waals surface area contributed by atoms with Crippen molar-refractivity contribution < 1.29 is 42.1 Å². The lowest BCUT2D eigenvalue weighted by Crippen LogP contribution is -2.37. The first-order chi connectivity index (χ1) is 9.20. The van der Waals surface area contributed by atoms with Crippen molar-refractivity contribution in [1.82, 2.24) is 0 Å². The number of hydrogen-bond acceptors (Lipinski definition) is 8. The molecule has 0 aliphatic carbocycles. The average molecular weight is 313 g/mol. The zero-order valence-electron chi connectivity index (χ0n) is 11.7. The Bertz CT molecular complexity index is 343. The van der Waals surface area contributed by atoms with Crippen molar-refractivity contribution in [2.24, 2.45) is 0 Å². The molecule has 0 radical (unpaired) electrons. The van der Waals surface area contributed by atoms with Gasteiger partial charge in [-0.25, -0.2) is 0 Å². The maximum Gasteiger partial charge on any atom is 0.293 e. The molecule has 2 atom stereocenters. The Hall–Kier alpha value is -0.990. The van der Waals surface area contributed by atoms with E-state index in [1.807, 2.05) is 21.1 Å². The molecule has 0 amide bonds. The van der Waals surface area contributed by atoms with Gasteiger partial charge in [-0.3, -0.25) is 14.2 Å². The van der Waals surface area contributed by atoms with Gasteiger partial charge in [0, 0.05) is 0 Å². The molecule has 0 aliphatic rings. The topological polar surface area (TPSA) is 111 Å². The van der Waals surface area contributed by atoms with Crippen LogP contribution in [0.15, 0.2) is 0 Å². The van der Waals surface area contributed by atoms with Gasteiger partial charge in [0.25, 0.3) is 20.8 Å². The standard InChI is InChI=1S/C10H20NO8P/c1-11(2,3)4-5-18-20(14,15)19-7-10(17-9-13)6-16-8-12/h8-10H,4-7H2,1-3H3. The second-order valence-corrected chi connectivity index (χ2v) is 6.28. The van der Waals surface area contributed by atoms with Crippen molar-refractivity contribution in [1.29, 1.82) is 0 Å². The van der Waals surface area contributed by atoms with Gasteiger partial charge < -0.3 is 27.9 Å². The molecule has 0 heterocycles. The van der Waals surface area contributed by atoms with E-state index in [9.17, 15) is 19.0 Å². The highest BCUT2D eigenvalue weighted by Crippen LogP contribution is 2.38. The van der Waals surface area contributed by atoms with Gasteiger partial charge >= 0.3 is 0 Å². The molecule has 0 fully saturated rings. The van der Waals surface area contributed by atoms with Crippen LogP contribution in [0.4, 0.5) is 0 Å². The van der Waals surface area contributed by atoms with E-state index in [4.69, 9.17) is 0 Å². The smallest absolute Gasteiger partial charge is 0.293 e. The summed E-state index contributed by atoms with van der Waals surface area (Å²) in [6.07, 6.45) is -1.01. The lowest BCUT2D eigenvalue weighted by atomic mass is 10.4. The van der Waals surface area contributed by atoms with Crippen molar-refractivity contribution in [2.75, 3.05) is 47.5 Å². The first kappa shape index (κ1) is 19.0. The molecule has 118 valence electrons. The molecule has 0 saturated heterocycles. The van der Waals surface area contributed by atoms with Gasteiger partial charge in [-0.2, -0.15) is 0 Å². The number of carbonyl (C=O) groups is 2. The van der Waals surface area contributed by atoms with Crippen LogP contribution in [-0.4, -0.2) is 71.0 Å². The Balaban J connectivity index is 4.12. The number of carbonyl (C=O) groups excluding carboxylic acids is 2. The minimum absolute atomic E-state index is 0.0334. The van der Waals surface area contributed by atoms with Gasteiger partial charge in [-0.1, -0.05) is 0 Å². The largest absolute Gasteiger partial charge is 0.756 e. The molecule has 10 heteroatoms. The van der Waals surface area contributed by atoms with E-state index >= 15 is 0 Å². The zero-order valence-corrected chi connectivity index (χ0v) is 12.6. The molecule has 0 aromatic carbocycles. The van der Waals surface area contributed by atoms with Gasteiger partial charge in [0.1, 0.15) is 19.8 Å². The monoisotopic (exact) mass is 313 g/mol. The van der Waals surface area contributed by atoms with Crippen LogP contribution in [0.1, 0.15) is 0 Å². The van der Waals surface area contributed by atoms with Crippen molar-refractivity contribution in [3.63, 3.8) is 0 Å². The van der Waals surface area contributed by atoms with E-state index in [0.29, 0.717) is 11.0 Å². The summed E-state index contributed by atoms with van der Waals surface area (Å²) in [6.45, 7) is -0.100. The molecular weight excluding hydrogens is 293 g/mol. The van der Waals surface area contributed by atoms with Crippen LogP contribution in [0, 0.1) is 0 Å². The summed E-state index contributed by atoms with van der Waals surface area (Å²) in [7, 11) is 1.15. The lowest BCUT2D eigenvalue weighted by molar-refractivity contribution is -0.870. The van der Waals surface area contributed by atoms with Crippen LogP contribution in [0.2, 0.25) is 0 Å². The Kier molecular flexibility index (Phi) is 8.59. The van der Waals surface area contributed by atoms with Crippen LogP contribution in [0.5, 0.6) is 0 Å². The van der Waals surface area contributed by atoms with Crippen molar-refractivity contribution in [3.8, 4) is 0 Å². The highest BCUT2D eigenvalue weighted by atomic mass is 31.2. The second kappa shape index (κ2) is 9.04. The molecule has 9 nitrogen and oxygen atoms in total. The Morgan fingerprint density at radius 3 is 2.30 bits per heavy atom. The van der Waals surface area contributed by atoms with Crippen LogP contribution in [0.25, 0.3) is 0 Å².